The Bertz CT molecular complexity index is 711. The summed E-state index contributed by atoms with van der Waals surface area (Å²) in [6.07, 6.45) is 2.65. The van der Waals surface area contributed by atoms with Crippen molar-refractivity contribution in [2.75, 3.05) is 7.11 Å². The van der Waals surface area contributed by atoms with Crippen molar-refractivity contribution in [3.8, 4) is 5.75 Å². The van der Waals surface area contributed by atoms with Crippen LogP contribution in [0.2, 0.25) is 0 Å². The topological polar surface area (TPSA) is 26.3 Å². The van der Waals surface area contributed by atoms with E-state index in [2.05, 4.69) is 0 Å². The normalized spacial score (nSPS) is 15.5. The Hall–Kier alpha value is -2.35. The van der Waals surface area contributed by atoms with Gasteiger partial charge in [0.25, 0.3) is 0 Å². The molecule has 0 saturated carbocycles. The monoisotopic (exact) mass is 264 g/mol. The highest BCUT2D eigenvalue weighted by Crippen LogP contribution is 2.30. The first-order valence-corrected chi connectivity index (χ1v) is 6.67. The molecule has 1 aliphatic rings. The summed E-state index contributed by atoms with van der Waals surface area (Å²) in [4.78, 5) is 12.4. The van der Waals surface area contributed by atoms with Crippen LogP contribution >= 0.6 is 0 Å². The first-order valence-electron chi connectivity index (χ1n) is 6.67. The van der Waals surface area contributed by atoms with Crippen LogP contribution in [0, 0.1) is 6.92 Å². The van der Waals surface area contributed by atoms with E-state index in [1.807, 2.05) is 55.5 Å². The molecule has 0 amide bonds. The maximum atomic E-state index is 12.4. The van der Waals surface area contributed by atoms with Crippen molar-refractivity contribution in [2.24, 2.45) is 0 Å². The fourth-order valence-electron chi connectivity index (χ4n) is 2.60. The second kappa shape index (κ2) is 4.97. The fraction of sp³-hybridized carbons (Fsp3) is 0.167. The third-order valence-corrected chi connectivity index (χ3v) is 3.65. The minimum absolute atomic E-state index is 0.128. The Morgan fingerprint density at radius 1 is 1.15 bits per heavy atom. The summed E-state index contributed by atoms with van der Waals surface area (Å²) in [7, 11) is 1.65. The number of ether oxygens (including phenoxy) is 1. The Balaban J connectivity index is 2.01. The van der Waals surface area contributed by atoms with E-state index in [1.165, 1.54) is 0 Å². The lowest BCUT2D eigenvalue weighted by Gasteiger charge is -2.06. The van der Waals surface area contributed by atoms with Gasteiger partial charge in [-0.15, -0.1) is 0 Å². The highest BCUT2D eigenvalue weighted by atomic mass is 16.5. The summed E-state index contributed by atoms with van der Waals surface area (Å²) < 4.78 is 5.39. The van der Waals surface area contributed by atoms with Crippen LogP contribution in [0.15, 0.2) is 48.0 Å². The van der Waals surface area contributed by atoms with Crippen LogP contribution in [-0.4, -0.2) is 12.9 Å². The van der Waals surface area contributed by atoms with Crippen molar-refractivity contribution in [1.82, 2.24) is 0 Å². The number of carbonyl (C=O) groups excluding carboxylic acids is 1. The number of ketones is 1. The van der Waals surface area contributed by atoms with E-state index in [0.717, 1.165) is 33.6 Å². The van der Waals surface area contributed by atoms with Gasteiger partial charge in [-0.3, -0.25) is 4.79 Å². The van der Waals surface area contributed by atoms with Crippen LogP contribution in [0.3, 0.4) is 0 Å². The van der Waals surface area contributed by atoms with E-state index in [1.54, 1.807) is 7.11 Å². The number of hydrogen-bond donors (Lipinski definition) is 0. The predicted octanol–water partition coefficient (Wildman–Crippen LogP) is 3.83. The van der Waals surface area contributed by atoms with Gasteiger partial charge >= 0.3 is 0 Å². The van der Waals surface area contributed by atoms with Crippen LogP contribution in [0.4, 0.5) is 0 Å². The number of aryl methyl sites for hydroxylation is 1. The number of methoxy groups -OCH3 is 1. The Labute approximate surface area is 118 Å². The van der Waals surface area contributed by atoms with E-state index in [9.17, 15) is 4.79 Å². The molecule has 0 bridgehead atoms. The van der Waals surface area contributed by atoms with E-state index >= 15 is 0 Å². The van der Waals surface area contributed by atoms with Crippen molar-refractivity contribution >= 4 is 11.9 Å². The SMILES string of the molecule is COc1cc(C)ccc1C=C1Cc2ccccc2C1=O. The highest BCUT2D eigenvalue weighted by Gasteiger charge is 2.24. The zero-order chi connectivity index (χ0) is 14.1. The molecule has 0 spiro atoms. The van der Waals surface area contributed by atoms with Crippen LogP contribution in [0.25, 0.3) is 6.08 Å². The molecule has 0 atom stereocenters. The molecule has 0 fully saturated rings. The molecule has 0 radical (unpaired) electrons. The van der Waals surface area contributed by atoms with Gasteiger partial charge in [0, 0.05) is 23.1 Å². The molecule has 0 aliphatic heterocycles. The highest BCUT2D eigenvalue weighted by molar-refractivity contribution is 6.15. The van der Waals surface area contributed by atoms with Crippen LogP contribution in [-0.2, 0) is 6.42 Å². The van der Waals surface area contributed by atoms with Crippen molar-refractivity contribution in [2.45, 2.75) is 13.3 Å². The number of Topliss-reactive ketones (excluding diaryl/α,β-unsaturated/α-hetero) is 1. The average Bonchev–Trinajstić information content (AvgIpc) is 2.78. The van der Waals surface area contributed by atoms with Gasteiger partial charge in [0.15, 0.2) is 5.78 Å². The van der Waals surface area contributed by atoms with Gasteiger partial charge in [-0.2, -0.15) is 0 Å². The molecule has 0 unspecified atom stereocenters. The molecule has 0 aromatic heterocycles. The number of benzene rings is 2. The Morgan fingerprint density at radius 3 is 2.70 bits per heavy atom. The van der Waals surface area contributed by atoms with Crippen molar-refractivity contribution in [3.05, 3.63) is 70.3 Å². The average molecular weight is 264 g/mol. The lowest BCUT2D eigenvalue weighted by atomic mass is 10.1. The molecule has 2 aromatic rings. The number of carbonyl (C=O) groups is 1. The van der Waals surface area contributed by atoms with E-state index in [4.69, 9.17) is 4.74 Å². The predicted molar refractivity (Wildman–Crippen MR) is 80.2 cm³/mol. The molecule has 0 N–H and O–H groups in total. The molecule has 2 heteroatoms. The van der Waals surface area contributed by atoms with Gasteiger partial charge in [-0.1, -0.05) is 36.4 Å². The lowest BCUT2D eigenvalue weighted by Crippen LogP contribution is -1.96. The van der Waals surface area contributed by atoms with Crippen molar-refractivity contribution < 1.29 is 9.53 Å². The molecule has 2 nitrogen and oxygen atoms in total. The Morgan fingerprint density at radius 2 is 1.95 bits per heavy atom. The molecule has 2 aromatic carbocycles. The molecule has 1 aliphatic carbocycles. The second-order valence-electron chi connectivity index (χ2n) is 5.08. The largest absolute Gasteiger partial charge is 0.496 e. The quantitative estimate of drug-likeness (QED) is 0.771. The van der Waals surface area contributed by atoms with Crippen molar-refractivity contribution in [3.63, 3.8) is 0 Å². The summed E-state index contributed by atoms with van der Waals surface area (Å²) in [6, 6.07) is 13.8. The maximum absolute atomic E-state index is 12.4. The zero-order valence-electron chi connectivity index (χ0n) is 11.6. The summed E-state index contributed by atoms with van der Waals surface area (Å²) in [5.74, 6) is 0.935. The summed E-state index contributed by atoms with van der Waals surface area (Å²) in [5.41, 5.74) is 4.85. The molecule has 0 heterocycles. The summed E-state index contributed by atoms with van der Waals surface area (Å²) in [6.45, 7) is 2.02. The van der Waals surface area contributed by atoms with Crippen LogP contribution < -0.4 is 4.74 Å². The van der Waals surface area contributed by atoms with Gasteiger partial charge in [0.1, 0.15) is 5.75 Å². The third kappa shape index (κ3) is 2.14. The smallest absolute Gasteiger partial charge is 0.189 e. The lowest BCUT2D eigenvalue weighted by molar-refractivity contribution is 0.104. The van der Waals surface area contributed by atoms with Crippen LogP contribution in [0.5, 0.6) is 5.75 Å². The molecular formula is C18H16O2. The molecule has 20 heavy (non-hydrogen) atoms. The minimum Gasteiger partial charge on any atom is -0.496 e. The number of allylic oxidation sites excluding steroid dienone is 1. The second-order valence-corrected chi connectivity index (χ2v) is 5.08. The molecule has 0 saturated heterocycles. The zero-order valence-corrected chi connectivity index (χ0v) is 11.6. The maximum Gasteiger partial charge on any atom is 0.189 e. The first kappa shape index (κ1) is 12.7. The van der Waals surface area contributed by atoms with Gasteiger partial charge in [-0.25, -0.2) is 0 Å². The van der Waals surface area contributed by atoms with E-state index < -0.39 is 0 Å². The molecule has 3 rings (SSSR count). The van der Waals surface area contributed by atoms with Gasteiger partial charge in [0.05, 0.1) is 7.11 Å². The van der Waals surface area contributed by atoms with Crippen molar-refractivity contribution in [1.29, 1.82) is 0 Å². The fourth-order valence-corrected chi connectivity index (χ4v) is 2.60. The summed E-state index contributed by atoms with van der Waals surface area (Å²) >= 11 is 0. The van der Waals surface area contributed by atoms with E-state index in [-0.39, 0.29) is 5.78 Å². The van der Waals surface area contributed by atoms with Gasteiger partial charge < -0.3 is 4.74 Å². The Kier molecular flexibility index (Phi) is 3.15. The van der Waals surface area contributed by atoms with E-state index in [0.29, 0.717) is 6.42 Å². The first-order chi connectivity index (χ1) is 9.69. The number of rotatable bonds is 2. The molecule has 100 valence electrons. The van der Waals surface area contributed by atoms with Crippen LogP contribution in [0.1, 0.15) is 27.0 Å². The number of hydrogen-bond acceptors (Lipinski definition) is 2. The third-order valence-electron chi connectivity index (χ3n) is 3.65. The molecular weight excluding hydrogens is 248 g/mol. The standard InChI is InChI=1S/C18H16O2/c1-12-7-8-14(17(9-12)20-2)11-15-10-13-5-3-4-6-16(13)18(15)19/h3-9,11H,10H2,1-2H3. The van der Waals surface area contributed by atoms with Gasteiger partial charge in [0.2, 0.25) is 0 Å². The minimum atomic E-state index is 0.128. The number of fused-ring (bicyclic) bond motifs is 1. The summed E-state index contributed by atoms with van der Waals surface area (Å²) in [5, 5.41) is 0. The van der Waals surface area contributed by atoms with Gasteiger partial charge in [-0.05, 0) is 30.2 Å².